The van der Waals surface area contributed by atoms with Gasteiger partial charge in [0.05, 0.1) is 11.3 Å². The molecule has 4 nitrogen and oxygen atoms in total. The summed E-state index contributed by atoms with van der Waals surface area (Å²) in [5, 5.41) is 0. The second-order valence-electron chi connectivity index (χ2n) is 5.95. The summed E-state index contributed by atoms with van der Waals surface area (Å²) in [7, 11) is 0. The molecule has 0 amide bonds. The fourth-order valence-electron chi connectivity index (χ4n) is 2.40. The topological polar surface area (TPSA) is 61.4 Å². The number of rotatable bonds is 5. The molecule has 1 N–H and O–H groups in total. The maximum atomic E-state index is 13.4. The third kappa shape index (κ3) is 7.85. The molecular weight excluding hydrogens is 467 g/mol. The Morgan fingerprint density at radius 2 is 1.56 bits per heavy atom. The molecule has 0 aliphatic rings. The van der Waals surface area contributed by atoms with Crippen LogP contribution in [-0.4, -0.2) is 15.4 Å². The zero-order valence-corrected chi connectivity index (χ0v) is 16.5. The molecule has 3 aromatic rings. The van der Waals surface area contributed by atoms with Gasteiger partial charge in [-0.1, -0.05) is 36.4 Å². The molecule has 3 aromatic carbocycles. The number of hydrogen-bond acceptors (Lipinski definition) is 3. The van der Waals surface area contributed by atoms with Crippen molar-refractivity contribution in [1.29, 1.82) is 0 Å². The molecule has 0 radical (unpaired) electrons. The van der Waals surface area contributed by atoms with Crippen LogP contribution in [0.25, 0.3) is 11.1 Å². The number of hydrogen-bond donors (Lipinski definition) is 1. The maximum Gasteiger partial charge on any atom is 0.416 e. The van der Waals surface area contributed by atoms with Crippen LogP contribution < -0.4 is 9.46 Å². The minimum Gasteiger partial charge on any atom is -0.755 e. The van der Waals surface area contributed by atoms with E-state index in [2.05, 4.69) is 4.74 Å². The van der Waals surface area contributed by atoms with Crippen molar-refractivity contribution in [2.24, 2.45) is 0 Å². The Kier molecular flexibility index (Phi) is 8.61. The molecule has 0 bridgehead atoms. The highest BCUT2D eigenvalue weighted by Crippen LogP contribution is 2.30. The maximum absolute atomic E-state index is 13.4. The van der Waals surface area contributed by atoms with Gasteiger partial charge in [0.25, 0.3) is 0 Å². The summed E-state index contributed by atoms with van der Waals surface area (Å²) in [5.41, 5.74) is -0.621. The van der Waals surface area contributed by atoms with Crippen LogP contribution in [0.5, 0.6) is 5.75 Å². The van der Waals surface area contributed by atoms with E-state index in [1.165, 1.54) is 18.2 Å². The van der Waals surface area contributed by atoms with Gasteiger partial charge in [-0.15, -0.1) is 0 Å². The van der Waals surface area contributed by atoms with Crippen molar-refractivity contribution in [1.82, 2.24) is 0 Å². The minimum absolute atomic E-state index is 0.121. The molecule has 0 aliphatic heterocycles. The van der Waals surface area contributed by atoms with E-state index in [-0.39, 0.29) is 16.8 Å². The van der Waals surface area contributed by atoms with Gasteiger partial charge < -0.3 is 14.0 Å². The highest BCUT2D eigenvalue weighted by molar-refractivity contribution is 7.80. The summed E-state index contributed by atoms with van der Waals surface area (Å²) in [6.07, 6.45) is -4.21. The van der Waals surface area contributed by atoms with E-state index < -0.39 is 47.0 Å². The van der Waals surface area contributed by atoms with E-state index in [4.69, 9.17) is 0 Å². The molecule has 3 rings (SSSR count). The second kappa shape index (κ2) is 11.0. The Morgan fingerprint density at radius 3 is 2.09 bits per heavy atom. The number of nitrogens with one attached hydrogen (secondary N) is 1. The predicted octanol–water partition coefficient (Wildman–Crippen LogP) is 6.14. The predicted molar refractivity (Wildman–Crippen MR) is 102 cm³/mol. The lowest BCUT2D eigenvalue weighted by atomic mass is 10.0. The van der Waals surface area contributed by atoms with Gasteiger partial charge in [-0.3, -0.25) is 4.21 Å². The SMILES string of the molecule is FC(F)(F)c1ccccc1.O=S([O-])Nc1cc(-c2cc(F)cc(OC(F)F)c2)ccc1F. The molecule has 172 valence electrons. The van der Waals surface area contributed by atoms with E-state index in [1.54, 1.807) is 6.07 Å². The van der Waals surface area contributed by atoms with E-state index in [0.717, 1.165) is 42.5 Å². The number of ether oxygens (including phenoxy) is 1. The average molecular weight is 480 g/mol. The van der Waals surface area contributed by atoms with Gasteiger partial charge in [-0.25, -0.2) is 8.78 Å². The van der Waals surface area contributed by atoms with Gasteiger partial charge in [-0.2, -0.15) is 22.0 Å². The van der Waals surface area contributed by atoms with Crippen LogP contribution in [-0.2, 0) is 17.4 Å². The van der Waals surface area contributed by atoms with Crippen molar-refractivity contribution >= 4 is 17.0 Å². The second-order valence-corrected chi connectivity index (χ2v) is 6.62. The van der Waals surface area contributed by atoms with E-state index >= 15 is 0 Å². The minimum atomic E-state index is -4.21. The summed E-state index contributed by atoms with van der Waals surface area (Å²) in [5.74, 6) is -2.08. The van der Waals surface area contributed by atoms with Crippen LogP contribution in [0.3, 0.4) is 0 Å². The van der Waals surface area contributed by atoms with Crippen LogP contribution in [0.1, 0.15) is 5.56 Å². The lowest BCUT2D eigenvalue weighted by Gasteiger charge is -2.12. The first-order chi connectivity index (χ1) is 15.0. The molecule has 12 heteroatoms. The molecule has 0 heterocycles. The summed E-state index contributed by atoms with van der Waals surface area (Å²) in [6.45, 7) is -3.12. The summed E-state index contributed by atoms with van der Waals surface area (Å²) in [4.78, 5) is 0. The summed E-state index contributed by atoms with van der Waals surface area (Å²) < 4.78 is 114. The zero-order valence-electron chi connectivity index (χ0n) is 15.7. The molecule has 0 saturated carbocycles. The van der Waals surface area contributed by atoms with Gasteiger partial charge in [-0.05, 0) is 35.4 Å². The fraction of sp³-hybridized carbons (Fsp3) is 0.100. The Hall–Kier alpha value is -3.12. The van der Waals surface area contributed by atoms with Gasteiger partial charge in [0.15, 0.2) is 0 Å². The first-order valence-corrected chi connectivity index (χ1v) is 9.56. The van der Waals surface area contributed by atoms with Crippen molar-refractivity contribution in [3.8, 4) is 16.9 Å². The van der Waals surface area contributed by atoms with Crippen LogP contribution >= 0.6 is 0 Å². The Bertz CT molecular complexity index is 1060. The first-order valence-electron chi connectivity index (χ1n) is 8.49. The van der Waals surface area contributed by atoms with Crippen LogP contribution in [0.15, 0.2) is 66.7 Å². The van der Waals surface area contributed by atoms with Gasteiger partial charge in [0, 0.05) is 17.3 Å². The molecular formula is C20H13F7NO3S-. The molecule has 0 aromatic heterocycles. The molecule has 1 unspecified atom stereocenters. The lowest BCUT2D eigenvalue weighted by molar-refractivity contribution is -0.137. The third-order valence-electron chi connectivity index (χ3n) is 3.69. The smallest absolute Gasteiger partial charge is 0.416 e. The molecule has 0 fully saturated rings. The van der Waals surface area contributed by atoms with Crippen molar-refractivity contribution < 1.29 is 44.2 Å². The number of halogens is 7. The van der Waals surface area contributed by atoms with Gasteiger partial charge in [0.2, 0.25) is 0 Å². The summed E-state index contributed by atoms with van der Waals surface area (Å²) in [6, 6.07) is 12.6. The van der Waals surface area contributed by atoms with E-state index in [1.807, 2.05) is 4.72 Å². The Morgan fingerprint density at radius 1 is 0.906 bits per heavy atom. The number of anilines is 1. The fourth-order valence-corrected chi connectivity index (χ4v) is 2.74. The van der Waals surface area contributed by atoms with Crippen molar-refractivity contribution in [2.45, 2.75) is 12.8 Å². The molecule has 0 saturated heterocycles. The Labute approximate surface area is 180 Å². The molecule has 0 aliphatic carbocycles. The average Bonchev–Trinajstić information content (AvgIpc) is 2.69. The summed E-state index contributed by atoms with van der Waals surface area (Å²) >= 11 is -2.75. The quantitative estimate of drug-likeness (QED) is 0.352. The van der Waals surface area contributed by atoms with E-state index in [0.29, 0.717) is 0 Å². The van der Waals surface area contributed by atoms with Crippen molar-refractivity contribution in [3.05, 3.63) is 83.9 Å². The normalized spacial score (nSPS) is 12.0. The third-order valence-corrected chi connectivity index (χ3v) is 4.08. The Balaban J connectivity index is 0.000000303. The first kappa shape index (κ1) is 25.1. The highest BCUT2D eigenvalue weighted by atomic mass is 32.2. The largest absolute Gasteiger partial charge is 0.755 e. The van der Waals surface area contributed by atoms with Gasteiger partial charge >= 0.3 is 12.8 Å². The van der Waals surface area contributed by atoms with E-state index in [9.17, 15) is 39.5 Å². The van der Waals surface area contributed by atoms with Crippen LogP contribution in [0, 0.1) is 11.6 Å². The van der Waals surface area contributed by atoms with Gasteiger partial charge in [0.1, 0.15) is 17.4 Å². The number of alkyl halides is 5. The standard InChI is InChI=1S/C13H9F4NO3S.C7H5F3/c14-9-3-8(4-10(6-9)21-13(16)17)7-1-2-11(15)12(5-7)18-22(19)20;8-7(9,10)6-4-2-1-3-5-6/h1-6,13,18H,(H,19,20);1-5H/p-1. The zero-order chi connectivity index (χ0) is 23.9. The van der Waals surface area contributed by atoms with Crippen molar-refractivity contribution in [2.75, 3.05) is 4.72 Å². The van der Waals surface area contributed by atoms with Crippen molar-refractivity contribution in [3.63, 3.8) is 0 Å². The lowest BCUT2D eigenvalue weighted by Crippen LogP contribution is -2.04. The van der Waals surface area contributed by atoms with Crippen LogP contribution in [0.2, 0.25) is 0 Å². The molecule has 0 spiro atoms. The van der Waals surface area contributed by atoms with Crippen LogP contribution in [0.4, 0.5) is 36.4 Å². The monoisotopic (exact) mass is 480 g/mol. The molecule has 1 atom stereocenters. The number of benzene rings is 3. The molecule has 32 heavy (non-hydrogen) atoms. The highest BCUT2D eigenvalue weighted by Gasteiger charge is 2.29.